The second-order valence-electron chi connectivity index (χ2n) is 4.76. The zero-order valence-electron chi connectivity index (χ0n) is 10.4. The molecule has 2 heteroatoms. The first-order chi connectivity index (χ1) is 9.25. The average molecular weight is 250 g/mol. The van der Waals surface area contributed by atoms with Crippen LogP contribution in [0.3, 0.4) is 0 Å². The number of carboxylic acids is 1. The lowest BCUT2D eigenvalue weighted by atomic mass is 9.83. The molecule has 2 aromatic rings. The number of carbonyl (C=O) groups is 1. The highest BCUT2D eigenvalue weighted by molar-refractivity contribution is 5.89. The molecule has 3 rings (SSSR count). The fourth-order valence-corrected chi connectivity index (χ4v) is 2.64. The summed E-state index contributed by atoms with van der Waals surface area (Å²) in [5.74, 6) is -0.718. The number of allylic oxidation sites excluding steroid dienone is 1. The van der Waals surface area contributed by atoms with E-state index in [9.17, 15) is 9.90 Å². The molecule has 1 N–H and O–H groups in total. The van der Waals surface area contributed by atoms with Crippen LogP contribution in [-0.2, 0) is 6.42 Å². The molecule has 2 nitrogen and oxygen atoms in total. The molecular formula is C17H14O2. The van der Waals surface area contributed by atoms with Gasteiger partial charge in [-0.1, -0.05) is 54.6 Å². The highest BCUT2D eigenvalue weighted by Gasteiger charge is 2.20. The Morgan fingerprint density at radius 3 is 2.63 bits per heavy atom. The minimum Gasteiger partial charge on any atom is -0.478 e. The van der Waals surface area contributed by atoms with Gasteiger partial charge in [-0.25, -0.2) is 4.79 Å². The Hall–Kier alpha value is -2.35. The Kier molecular flexibility index (Phi) is 2.92. The van der Waals surface area contributed by atoms with Crippen LogP contribution in [-0.4, -0.2) is 11.1 Å². The number of aromatic carboxylic acids is 1. The monoisotopic (exact) mass is 250 g/mol. The summed E-state index contributed by atoms with van der Waals surface area (Å²) < 4.78 is 0. The summed E-state index contributed by atoms with van der Waals surface area (Å²) in [6.45, 7) is 0. The van der Waals surface area contributed by atoms with Crippen molar-refractivity contribution in [2.75, 3.05) is 0 Å². The molecule has 0 bridgehead atoms. The molecule has 0 aliphatic heterocycles. The topological polar surface area (TPSA) is 37.3 Å². The first-order valence-electron chi connectivity index (χ1n) is 6.34. The molecule has 0 saturated carbocycles. The average Bonchev–Trinajstić information content (AvgIpc) is 2.46. The van der Waals surface area contributed by atoms with E-state index < -0.39 is 5.97 Å². The Bertz CT molecular complexity index is 656. The predicted molar refractivity (Wildman–Crippen MR) is 75.3 cm³/mol. The van der Waals surface area contributed by atoms with E-state index in [1.54, 1.807) is 12.1 Å². The predicted octanol–water partition coefficient (Wildman–Crippen LogP) is 3.74. The molecule has 0 saturated heterocycles. The van der Waals surface area contributed by atoms with Crippen LogP contribution in [0.15, 0.2) is 54.6 Å². The first kappa shape index (κ1) is 11.7. The van der Waals surface area contributed by atoms with E-state index >= 15 is 0 Å². The standard InChI is InChI=1S/C17H14O2/c18-17(19)16-8-4-3-7-15(16)14-10-9-12-5-1-2-6-13(12)11-14/h1-10,14H,11H2,(H,18,19). The van der Waals surface area contributed by atoms with Crippen molar-refractivity contribution in [3.63, 3.8) is 0 Å². The van der Waals surface area contributed by atoms with Crippen LogP contribution in [0.5, 0.6) is 0 Å². The molecule has 1 unspecified atom stereocenters. The summed E-state index contributed by atoms with van der Waals surface area (Å²) in [6.07, 6.45) is 5.04. The van der Waals surface area contributed by atoms with Gasteiger partial charge in [0, 0.05) is 5.92 Å². The largest absolute Gasteiger partial charge is 0.478 e. The Morgan fingerprint density at radius 2 is 1.79 bits per heavy atom. The van der Waals surface area contributed by atoms with Crippen LogP contribution < -0.4 is 0 Å². The van der Waals surface area contributed by atoms with Crippen LogP contribution in [0.2, 0.25) is 0 Å². The molecule has 94 valence electrons. The summed E-state index contributed by atoms with van der Waals surface area (Å²) in [5, 5.41) is 9.27. The second-order valence-corrected chi connectivity index (χ2v) is 4.76. The second kappa shape index (κ2) is 4.73. The molecular weight excluding hydrogens is 236 g/mol. The third-order valence-electron chi connectivity index (χ3n) is 3.59. The van der Waals surface area contributed by atoms with Crippen molar-refractivity contribution >= 4 is 12.0 Å². The maximum Gasteiger partial charge on any atom is 0.335 e. The van der Waals surface area contributed by atoms with E-state index in [4.69, 9.17) is 0 Å². The summed E-state index contributed by atoms with van der Waals surface area (Å²) in [7, 11) is 0. The third kappa shape index (κ3) is 2.17. The number of benzene rings is 2. The van der Waals surface area contributed by atoms with Crippen LogP contribution in [0, 0.1) is 0 Å². The lowest BCUT2D eigenvalue weighted by molar-refractivity contribution is 0.0695. The molecule has 19 heavy (non-hydrogen) atoms. The lowest BCUT2D eigenvalue weighted by Gasteiger charge is -2.21. The van der Waals surface area contributed by atoms with Crippen molar-refractivity contribution < 1.29 is 9.90 Å². The SMILES string of the molecule is O=C(O)c1ccccc1C1C=Cc2ccccc2C1. The van der Waals surface area contributed by atoms with Crippen molar-refractivity contribution in [1.82, 2.24) is 0 Å². The van der Waals surface area contributed by atoms with Crippen molar-refractivity contribution in [1.29, 1.82) is 0 Å². The van der Waals surface area contributed by atoms with Crippen LogP contribution in [0.25, 0.3) is 6.08 Å². The van der Waals surface area contributed by atoms with Crippen LogP contribution in [0.4, 0.5) is 0 Å². The smallest absolute Gasteiger partial charge is 0.335 e. The normalized spacial score (nSPS) is 16.9. The molecule has 1 aliphatic carbocycles. The molecule has 0 fully saturated rings. The van der Waals surface area contributed by atoms with Gasteiger partial charge in [-0.15, -0.1) is 0 Å². The zero-order valence-corrected chi connectivity index (χ0v) is 10.4. The minimum atomic E-state index is -0.858. The van der Waals surface area contributed by atoms with E-state index in [1.807, 2.05) is 24.3 Å². The van der Waals surface area contributed by atoms with Crippen molar-refractivity contribution in [3.05, 3.63) is 76.9 Å². The number of hydrogen-bond donors (Lipinski definition) is 1. The Balaban J connectivity index is 2.01. The molecule has 1 atom stereocenters. The highest BCUT2D eigenvalue weighted by atomic mass is 16.4. The van der Waals surface area contributed by atoms with Gasteiger partial charge in [0.1, 0.15) is 0 Å². The van der Waals surface area contributed by atoms with E-state index in [-0.39, 0.29) is 5.92 Å². The fourth-order valence-electron chi connectivity index (χ4n) is 2.64. The molecule has 0 heterocycles. The maximum atomic E-state index is 11.3. The molecule has 0 radical (unpaired) electrons. The van der Waals surface area contributed by atoms with E-state index in [2.05, 4.69) is 24.3 Å². The summed E-state index contributed by atoms with van der Waals surface area (Å²) in [4.78, 5) is 11.3. The van der Waals surface area contributed by atoms with E-state index in [0.29, 0.717) is 5.56 Å². The van der Waals surface area contributed by atoms with Crippen molar-refractivity contribution in [3.8, 4) is 0 Å². The zero-order chi connectivity index (χ0) is 13.2. The number of rotatable bonds is 2. The summed E-state index contributed by atoms with van der Waals surface area (Å²) in [5.41, 5.74) is 3.79. The van der Waals surface area contributed by atoms with Crippen LogP contribution in [0.1, 0.15) is 33.0 Å². The van der Waals surface area contributed by atoms with Gasteiger partial charge in [-0.2, -0.15) is 0 Å². The van der Waals surface area contributed by atoms with Gasteiger partial charge in [-0.05, 0) is 29.2 Å². The summed E-state index contributed by atoms with van der Waals surface area (Å²) in [6, 6.07) is 15.5. The third-order valence-corrected chi connectivity index (χ3v) is 3.59. The first-order valence-corrected chi connectivity index (χ1v) is 6.34. The molecule has 0 amide bonds. The van der Waals surface area contributed by atoms with Gasteiger partial charge < -0.3 is 5.11 Å². The van der Waals surface area contributed by atoms with Gasteiger partial charge in [-0.3, -0.25) is 0 Å². The van der Waals surface area contributed by atoms with Gasteiger partial charge in [0.15, 0.2) is 0 Å². The quantitative estimate of drug-likeness (QED) is 0.881. The Morgan fingerprint density at radius 1 is 1.05 bits per heavy atom. The fraction of sp³-hybridized carbons (Fsp3) is 0.118. The van der Waals surface area contributed by atoms with Crippen molar-refractivity contribution in [2.24, 2.45) is 0 Å². The van der Waals surface area contributed by atoms with Gasteiger partial charge >= 0.3 is 5.97 Å². The van der Waals surface area contributed by atoms with Gasteiger partial charge in [0.2, 0.25) is 0 Å². The minimum absolute atomic E-state index is 0.141. The lowest BCUT2D eigenvalue weighted by Crippen LogP contribution is -2.10. The number of hydrogen-bond acceptors (Lipinski definition) is 1. The van der Waals surface area contributed by atoms with Crippen LogP contribution >= 0.6 is 0 Å². The molecule has 0 aromatic heterocycles. The maximum absolute atomic E-state index is 11.3. The Labute approximate surface area is 112 Å². The van der Waals surface area contributed by atoms with E-state index in [1.165, 1.54) is 11.1 Å². The molecule has 2 aromatic carbocycles. The summed E-state index contributed by atoms with van der Waals surface area (Å²) >= 11 is 0. The van der Waals surface area contributed by atoms with Gasteiger partial charge in [0.05, 0.1) is 5.56 Å². The highest BCUT2D eigenvalue weighted by Crippen LogP contribution is 2.31. The number of fused-ring (bicyclic) bond motifs is 1. The van der Waals surface area contributed by atoms with Crippen molar-refractivity contribution in [2.45, 2.75) is 12.3 Å². The van der Waals surface area contributed by atoms with E-state index in [0.717, 1.165) is 12.0 Å². The molecule has 1 aliphatic rings. The van der Waals surface area contributed by atoms with Gasteiger partial charge in [0.25, 0.3) is 0 Å². The molecule has 0 spiro atoms. The number of carboxylic acid groups (broad SMARTS) is 1.